The van der Waals surface area contributed by atoms with E-state index >= 15 is 0 Å². The van der Waals surface area contributed by atoms with Crippen molar-refractivity contribution in [2.24, 2.45) is 5.11 Å². The van der Waals surface area contributed by atoms with Crippen molar-refractivity contribution < 1.29 is 49.3 Å². The lowest BCUT2D eigenvalue weighted by Crippen LogP contribution is -2.67. The van der Waals surface area contributed by atoms with Crippen LogP contribution in [-0.2, 0) is 23.7 Å². The van der Waals surface area contributed by atoms with Gasteiger partial charge in [-0.05, 0) is 5.53 Å². The summed E-state index contributed by atoms with van der Waals surface area (Å²) in [5.41, 5.74) is 8.80. The Morgan fingerprint density at radius 1 is 1.16 bits per heavy atom. The van der Waals surface area contributed by atoms with Crippen LogP contribution in [0.4, 0.5) is 0 Å². The van der Waals surface area contributed by atoms with Gasteiger partial charge in [0.15, 0.2) is 12.6 Å². The molecule has 14 heteroatoms. The van der Waals surface area contributed by atoms with Crippen LogP contribution in [0.3, 0.4) is 0 Å². The Hall–Kier alpha value is -1.84. The fourth-order valence-electron chi connectivity index (χ4n) is 3.45. The molecule has 31 heavy (non-hydrogen) atoms. The molecular weight excluding hydrogens is 420 g/mol. The van der Waals surface area contributed by atoms with Gasteiger partial charge in [0.2, 0.25) is 5.91 Å². The number of aliphatic hydroxyl groups excluding tert-OH is 5. The minimum Gasteiger partial charge on any atom is -0.394 e. The molecule has 0 aromatic rings. The smallest absolute Gasteiger partial charge is 0.217 e. The molecule has 0 aromatic heterocycles. The second-order valence-electron chi connectivity index (χ2n) is 7.07. The van der Waals surface area contributed by atoms with E-state index in [0.29, 0.717) is 0 Å². The quantitative estimate of drug-likeness (QED) is 0.0926. The summed E-state index contributed by atoms with van der Waals surface area (Å²) in [4.78, 5) is 14.2. The number of azide groups is 1. The molecular formula is C17H28N4O10. The topological polar surface area (TPSA) is 216 Å². The van der Waals surface area contributed by atoms with Gasteiger partial charge in [-0.25, -0.2) is 0 Å². The van der Waals surface area contributed by atoms with E-state index in [-0.39, 0.29) is 6.61 Å². The minimum absolute atomic E-state index is 0.0318. The monoisotopic (exact) mass is 448 g/mol. The van der Waals surface area contributed by atoms with Crippen molar-refractivity contribution in [3.63, 3.8) is 0 Å². The van der Waals surface area contributed by atoms with E-state index in [0.717, 1.165) is 0 Å². The molecule has 0 saturated carbocycles. The molecule has 0 bridgehead atoms. The van der Waals surface area contributed by atoms with Gasteiger partial charge >= 0.3 is 0 Å². The lowest BCUT2D eigenvalue weighted by Gasteiger charge is -2.47. The molecule has 2 aliphatic heterocycles. The Balaban J connectivity index is 2.29. The summed E-state index contributed by atoms with van der Waals surface area (Å²) in [5.74, 6) is -0.499. The van der Waals surface area contributed by atoms with Crippen LogP contribution in [0.1, 0.15) is 6.92 Å². The molecule has 0 aromatic carbocycles. The molecule has 2 rings (SSSR count). The predicted octanol–water partition coefficient (Wildman–Crippen LogP) is -2.73. The molecule has 0 aliphatic carbocycles. The largest absolute Gasteiger partial charge is 0.394 e. The van der Waals surface area contributed by atoms with Gasteiger partial charge in [-0.2, -0.15) is 0 Å². The number of nitrogens with one attached hydrogen (secondary N) is 1. The van der Waals surface area contributed by atoms with Gasteiger partial charge in [0, 0.05) is 11.8 Å². The summed E-state index contributed by atoms with van der Waals surface area (Å²) in [5, 5.41) is 56.1. The molecule has 0 unspecified atom stereocenters. The molecule has 2 aliphatic rings. The third kappa shape index (κ3) is 5.90. The summed E-state index contributed by atoms with van der Waals surface area (Å²) in [7, 11) is 0. The Morgan fingerprint density at radius 2 is 1.81 bits per heavy atom. The molecule has 10 atom stereocenters. The van der Waals surface area contributed by atoms with Crippen LogP contribution in [0.5, 0.6) is 0 Å². The van der Waals surface area contributed by atoms with Gasteiger partial charge in [0.05, 0.1) is 25.9 Å². The summed E-state index contributed by atoms with van der Waals surface area (Å²) >= 11 is 0. The maximum absolute atomic E-state index is 11.6. The SMILES string of the molecule is C=CCO[C@@H]1O[C@H](CO)[C@@H](O[C@@H]2O[C@H](CO)[C@@H](O)[C@H](O)[C@H]2N=[N+]=[N-])[C@H](O)[C@H]1NC(C)=O. The molecule has 2 saturated heterocycles. The van der Waals surface area contributed by atoms with Crippen molar-refractivity contribution in [2.75, 3.05) is 19.8 Å². The highest BCUT2D eigenvalue weighted by molar-refractivity contribution is 5.73. The van der Waals surface area contributed by atoms with Gasteiger partial charge in [-0.3, -0.25) is 4.79 Å². The van der Waals surface area contributed by atoms with E-state index in [4.69, 9.17) is 24.5 Å². The molecule has 176 valence electrons. The van der Waals surface area contributed by atoms with Gasteiger partial charge in [-0.15, -0.1) is 6.58 Å². The molecule has 14 nitrogen and oxygen atoms in total. The van der Waals surface area contributed by atoms with Crippen LogP contribution in [0.2, 0.25) is 0 Å². The van der Waals surface area contributed by atoms with Gasteiger partial charge in [-0.1, -0.05) is 11.2 Å². The summed E-state index contributed by atoms with van der Waals surface area (Å²) < 4.78 is 22.2. The van der Waals surface area contributed by atoms with Crippen LogP contribution in [0, 0.1) is 0 Å². The highest BCUT2D eigenvalue weighted by Crippen LogP contribution is 2.30. The normalized spacial score (nSPS) is 40.6. The second-order valence-corrected chi connectivity index (χ2v) is 7.07. The number of aliphatic hydroxyl groups is 5. The first-order chi connectivity index (χ1) is 14.8. The maximum atomic E-state index is 11.6. The number of hydrogen-bond donors (Lipinski definition) is 6. The fourth-order valence-corrected chi connectivity index (χ4v) is 3.45. The van der Waals surface area contributed by atoms with Crippen LogP contribution in [0.15, 0.2) is 17.8 Å². The van der Waals surface area contributed by atoms with Crippen molar-refractivity contribution in [1.82, 2.24) is 5.32 Å². The number of carbonyl (C=O) groups excluding carboxylic acids is 1. The van der Waals surface area contributed by atoms with E-state index in [9.17, 15) is 30.3 Å². The van der Waals surface area contributed by atoms with Crippen molar-refractivity contribution in [3.05, 3.63) is 23.1 Å². The van der Waals surface area contributed by atoms with E-state index in [2.05, 4.69) is 21.9 Å². The summed E-state index contributed by atoms with van der Waals surface area (Å²) in [6, 6.07) is -2.56. The molecule has 0 radical (unpaired) electrons. The lowest BCUT2D eigenvalue weighted by molar-refractivity contribution is -0.329. The Labute approximate surface area is 177 Å². The molecule has 0 spiro atoms. The first-order valence-corrected chi connectivity index (χ1v) is 9.55. The van der Waals surface area contributed by atoms with Crippen LogP contribution in [-0.4, -0.2) is 113 Å². The number of ether oxygens (including phenoxy) is 4. The standard InChI is InChI=1S/C17H28N4O10/c1-3-4-28-16-10(19-7(2)24)14(27)15(9(6-23)30-16)31-17-11(20-21-18)13(26)12(25)8(5-22)29-17/h3,8-17,22-23,25-27H,1,4-6H2,2H3,(H,19,24)/t8-,9-,10-,11-,12-,13-,14-,15-,16-,17+/m1/s1. The van der Waals surface area contributed by atoms with E-state index in [1.165, 1.54) is 13.0 Å². The summed E-state index contributed by atoms with van der Waals surface area (Å²) in [6.07, 6.45) is -9.71. The zero-order valence-corrected chi connectivity index (χ0v) is 16.8. The van der Waals surface area contributed by atoms with Crippen LogP contribution >= 0.6 is 0 Å². The molecule has 6 N–H and O–H groups in total. The zero-order valence-electron chi connectivity index (χ0n) is 16.8. The Bertz CT molecular complexity index is 663. The van der Waals surface area contributed by atoms with E-state index < -0.39 is 80.4 Å². The van der Waals surface area contributed by atoms with E-state index in [1.807, 2.05) is 0 Å². The number of amides is 1. The molecule has 1 amide bonds. The van der Waals surface area contributed by atoms with Crippen molar-refractivity contribution >= 4 is 5.91 Å². The van der Waals surface area contributed by atoms with Crippen molar-refractivity contribution in [2.45, 2.75) is 68.2 Å². The average Bonchev–Trinajstić information content (AvgIpc) is 2.74. The van der Waals surface area contributed by atoms with Gasteiger partial charge in [0.25, 0.3) is 0 Å². The third-order valence-corrected chi connectivity index (χ3v) is 4.93. The van der Waals surface area contributed by atoms with Crippen LogP contribution < -0.4 is 5.32 Å². The maximum Gasteiger partial charge on any atom is 0.217 e. The Kier molecular flexibility index (Phi) is 9.58. The van der Waals surface area contributed by atoms with Crippen molar-refractivity contribution in [1.29, 1.82) is 0 Å². The number of nitrogens with zero attached hydrogens (tertiary/aromatic N) is 3. The summed E-state index contributed by atoms with van der Waals surface area (Å²) in [6.45, 7) is 3.45. The first-order valence-electron chi connectivity index (χ1n) is 9.55. The van der Waals surface area contributed by atoms with Gasteiger partial charge in [0.1, 0.15) is 42.6 Å². The second kappa shape index (κ2) is 11.7. The zero-order chi connectivity index (χ0) is 23.1. The number of rotatable bonds is 9. The van der Waals surface area contributed by atoms with Gasteiger partial charge < -0.3 is 49.8 Å². The number of hydrogen-bond acceptors (Lipinski definition) is 11. The van der Waals surface area contributed by atoms with E-state index in [1.54, 1.807) is 0 Å². The highest BCUT2D eigenvalue weighted by Gasteiger charge is 2.51. The fraction of sp³-hybridized carbons (Fsp3) is 0.824. The highest BCUT2D eigenvalue weighted by atomic mass is 16.7. The third-order valence-electron chi connectivity index (χ3n) is 4.93. The molecule has 2 fully saturated rings. The van der Waals surface area contributed by atoms with Crippen molar-refractivity contribution in [3.8, 4) is 0 Å². The Morgan fingerprint density at radius 3 is 2.35 bits per heavy atom. The predicted molar refractivity (Wildman–Crippen MR) is 101 cm³/mol. The first kappa shape index (κ1) is 25.4. The molecule has 2 heterocycles. The number of carbonyl (C=O) groups is 1. The lowest BCUT2D eigenvalue weighted by atomic mass is 9.95. The average molecular weight is 448 g/mol. The van der Waals surface area contributed by atoms with Crippen LogP contribution in [0.25, 0.3) is 10.4 Å². The minimum atomic E-state index is -1.64.